The van der Waals surface area contributed by atoms with Crippen LogP contribution in [0.25, 0.3) is 55.6 Å². The van der Waals surface area contributed by atoms with E-state index in [1.54, 1.807) is 0 Å². The molecule has 10 aromatic rings. The summed E-state index contributed by atoms with van der Waals surface area (Å²) in [5.41, 5.74) is 35.5. The van der Waals surface area contributed by atoms with Gasteiger partial charge in [0.05, 0.1) is 27.1 Å². The van der Waals surface area contributed by atoms with Crippen LogP contribution in [0, 0.1) is 0 Å². The Labute approximate surface area is 618 Å². The molecule has 0 unspecified atom stereocenters. The Bertz CT molecular complexity index is 5460. The van der Waals surface area contributed by atoms with Gasteiger partial charge in [-0.1, -0.05) is 182 Å². The number of unbranched alkanes of at least 4 members (excludes halogenated alkanes) is 5. The van der Waals surface area contributed by atoms with E-state index in [0.29, 0.717) is 38.5 Å². The highest BCUT2D eigenvalue weighted by Gasteiger charge is 2.86. The van der Waals surface area contributed by atoms with Crippen molar-refractivity contribution in [3.8, 4) is 55.6 Å². The van der Waals surface area contributed by atoms with Crippen molar-refractivity contribution in [2.75, 3.05) is 0 Å². The summed E-state index contributed by atoms with van der Waals surface area (Å²) in [6, 6.07) is 71.6. The number of allylic oxidation sites excluding steroid dienone is 4. The number of benzene rings is 10. The molecular weight excluding hydrogens is 1340 g/mol. The number of rotatable bonds is 30. The molecule has 0 fully saturated rings. The van der Waals surface area contributed by atoms with Crippen molar-refractivity contribution in [1.29, 1.82) is 0 Å². The van der Waals surface area contributed by atoms with E-state index in [0.717, 1.165) is 113 Å². The first kappa shape index (κ1) is 63.8. The lowest BCUT2D eigenvalue weighted by Crippen LogP contribution is -2.65. The van der Waals surface area contributed by atoms with E-state index in [4.69, 9.17) is 0 Å². The number of carbonyl (C=O) groups is 5. The van der Waals surface area contributed by atoms with Gasteiger partial charge in [0.15, 0.2) is 0 Å². The Kier molecular flexibility index (Phi) is 13.4. The Morgan fingerprint density at radius 1 is 0.236 bits per heavy atom. The summed E-state index contributed by atoms with van der Waals surface area (Å²) >= 11 is 10.7. The first-order valence-corrected chi connectivity index (χ1v) is 38.7. The number of hydrogen-bond donors (Lipinski definition) is 5. The van der Waals surface area contributed by atoms with Crippen molar-refractivity contribution in [1.82, 2.24) is 0 Å². The second-order valence-electron chi connectivity index (χ2n) is 32.0. The predicted molar refractivity (Wildman–Crippen MR) is 407 cm³/mol. The van der Waals surface area contributed by atoms with Gasteiger partial charge >= 0.3 is 29.8 Å². The van der Waals surface area contributed by atoms with Crippen LogP contribution in [0.4, 0.5) is 0 Å². The number of alkyl halides is 1. The van der Waals surface area contributed by atoms with Crippen molar-refractivity contribution in [3.63, 3.8) is 0 Å². The summed E-state index contributed by atoms with van der Waals surface area (Å²) in [4.78, 5) is 58.2. The number of aryl methyl sites for hydroxylation is 5. The van der Waals surface area contributed by atoms with E-state index < -0.39 is 61.8 Å². The third kappa shape index (κ3) is 7.47. The summed E-state index contributed by atoms with van der Waals surface area (Å²) in [5, 5.41) is 48.9. The Balaban J connectivity index is 0.956. The molecule has 11 aliphatic rings. The molecular formula is C95H75ClO10. The fraction of sp³-hybridized carbons (Fsp3) is 0.274. The minimum Gasteiger partial charge on any atom is -0.481 e. The number of hydrogen-bond acceptors (Lipinski definition) is 5. The number of fused-ring (bicyclic) bond motifs is 5. The van der Waals surface area contributed by atoms with Gasteiger partial charge in [0.2, 0.25) is 0 Å². The lowest BCUT2D eigenvalue weighted by molar-refractivity contribution is -0.138. The molecule has 0 amide bonds. The van der Waals surface area contributed by atoms with Gasteiger partial charge in [-0.15, -0.1) is 11.6 Å². The summed E-state index contributed by atoms with van der Waals surface area (Å²) in [5.74, 6) is -3.97. The van der Waals surface area contributed by atoms with Gasteiger partial charge in [-0.25, -0.2) is 0 Å². The second-order valence-corrected chi connectivity index (χ2v) is 32.5. The maximum Gasteiger partial charge on any atom is 0.303 e. The minimum absolute atomic E-state index is 0.105. The number of carboxylic acids is 5. The number of carboxylic acid groups (broad SMARTS) is 5. The Hall–Kier alpha value is -10.7. The van der Waals surface area contributed by atoms with Crippen LogP contribution in [0.15, 0.2) is 204 Å². The third-order valence-corrected chi connectivity index (χ3v) is 27.8. The average molecular weight is 1410 g/mol. The molecule has 10 aromatic carbocycles. The van der Waals surface area contributed by atoms with Crippen LogP contribution in [0.5, 0.6) is 0 Å². The molecule has 522 valence electrons. The molecule has 6 atom stereocenters. The van der Waals surface area contributed by atoms with Crippen LogP contribution >= 0.6 is 11.6 Å². The van der Waals surface area contributed by atoms with Crippen molar-refractivity contribution in [3.05, 3.63) is 316 Å². The first-order valence-electron chi connectivity index (χ1n) is 38.3. The van der Waals surface area contributed by atoms with Crippen LogP contribution in [0.2, 0.25) is 0 Å². The lowest BCUT2D eigenvalue weighted by atomic mass is 9.40. The highest BCUT2D eigenvalue weighted by molar-refractivity contribution is 6.35. The zero-order valence-electron chi connectivity index (χ0n) is 58.6. The Morgan fingerprint density at radius 3 is 0.651 bits per heavy atom. The fourth-order valence-corrected chi connectivity index (χ4v) is 24.5. The highest BCUT2D eigenvalue weighted by Crippen LogP contribution is 2.92. The molecule has 0 heterocycles. The first-order chi connectivity index (χ1) is 51.6. The smallest absolute Gasteiger partial charge is 0.303 e. The van der Waals surface area contributed by atoms with Crippen LogP contribution in [-0.2, 0) is 83.2 Å². The molecule has 106 heavy (non-hydrogen) atoms. The van der Waals surface area contributed by atoms with Gasteiger partial charge < -0.3 is 25.5 Å². The van der Waals surface area contributed by atoms with Crippen molar-refractivity contribution < 1.29 is 49.5 Å². The maximum absolute atomic E-state index is 11.9. The summed E-state index contributed by atoms with van der Waals surface area (Å²) in [6.07, 6.45) is 10.6. The van der Waals surface area contributed by atoms with Gasteiger partial charge in [-0.2, -0.15) is 0 Å². The van der Waals surface area contributed by atoms with Crippen LogP contribution in [-0.4, -0.2) is 60.3 Å². The summed E-state index contributed by atoms with van der Waals surface area (Å²) < 4.78 is 0. The van der Waals surface area contributed by atoms with E-state index in [1.165, 1.54) is 134 Å². The third-order valence-electron chi connectivity index (χ3n) is 27.1. The molecule has 5 N–H and O–H groups in total. The summed E-state index contributed by atoms with van der Waals surface area (Å²) in [7, 11) is 0. The topological polar surface area (TPSA) is 186 Å². The SMILES string of the molecule is O=C(O)CCCCc1ccc([C@]23C4=C5[C@]6(c7ccc(CCCCC(=O)O)cc7)c7c8ccc(c72)-c2ccc7c(c23)[C@]2(c3ccc(CCCCC(=O)O)cc3)C4=C3[C@@]4(c9ccc(CCCCC(=O)O)cc9)c9c(ccc-7c92)-c2ccc7c(c24)[C@@](c2ccc(CCCCC(=O)O)cc2)(c2c-7ccc-8c26)[C@@]53Cl)cc1. The van der Waals surface area contributed by atoms with E-state index in [9.17, 15) is 61.1 Å². The molecule has 11 heteroatoms. The van der Waals surface area contributed by atoms with Crippen molar-refractivity contribution in [2.24, 2.45) is 0 Å². The molecule has 0 bridgehead atoms. The van der Waals surface area contributed by atoms with E-state index in [1.807, 2.05) is 0 Å². The van der Waals surface area contributed by atoms with Gasteiger partial charge in [-0.05, 0) is 286 Å². The maximum atomic E-state index is 11.9. The zero-order chi connectivity index (χ0) is 71.9. The van der Waals surface area contributed by atoms with E-state index in [2.05, 4.69) is 182 Å². The standard InChI is InChI=1S/C95H75ClO10/c96-95-88-86-87-89(95)93(59-37-27-54(28-38-59)14-4-9-19-74(103)104)81-66-46-44-64-62-42-41-61-63-43-45-65-67-47-49-69-70-50-48-68(66)83(93)85(70)94(95,60-39-29-55(30-40-60)15-5-10-20-75(105)106)84(69)82(67)92(88,58-35-25-53(26-36-58)13-3-8-18-73(101)102)80(65)78(63)90(86,56-31-21-51(22-32-56)11-1-6-16-71(97)98)76(61)77(62)91(87,79(64)81)57-33-23-52(24-34-57)12-2-7-17-72(99)100/h21-50H,1-20H2,(H,97,98)(H,99,100)(H,101,102)(H,103,104)(H,105,106)/t90-,91+,92-,93+,94-,95-. The summed E-state index contributed by atoms with van der Waals surface area (Å²) in [6.45, 7) is 0. The van der Waals surface area contributed by atoms with Crippen molar-refractivity contribution in [2.45, 2.75) is 160 Å². The van der Waals surface area contributed by atoms with E-state index >= 15 is 0 Å². The van der Waals surface area contributed by atoms with Crippen LogP contribution in [0.3, 0.4) is 0 Å². The molecule has 0 saturated heterocycles. The zero-order valence-corrected chi connectivity index (χ0v) is 59.4. The molecule has 0 saturated carbocycles. The normalized spacial score (nSPS) is 22.9. The molecule has 21 rings (SSSR count). The van der Waals surface area contributed by atoms with Gasteiger partial charge in [-0.3, -0.25) is 24.0 Å². The Morgan fingerprint density at radius 2 is 0.425 bits per heavy atom. The monoisotopic (exact) mass is 1410 g/mol. The largest absolute Gasteiger partial charge is 0.481 e. The minimum atomic E-state index is -1.45. The van der Waals surface area contributed by atoms with Gasteiger partial charge in [0.1, 0.15) is 4.87 Å². The fourth-order valence-electron chi connectivity index (χ4n) is 23.7. The van der Waals surface area contributed by atoms with E-state index in [-0.39, 0.29) is 32.1 Å². The number of aliphatic carboxylic acids is 5. The van der Waals surface area contributed by atoms with Gasteiger partial charge in [0.25, 0.3) is 0 Å². The predicted octanol–water partition coefficient (Wildman–Crippen LogP) is 19.2. The molecule has 11 aliphatic carbocycles. The van der Waals surface area contributed by atoms with Crippen LogP contribution in [0.1, 0.15) is 208 Å². The van der Waals surface area contributed by atoms with Gasteiger partial charge in [0, 0.05) is 32.1 Å². The molecule has 0 aromatic heterocycles. The molecule has 0 aliphatic heterocycles. The molecule has 10 nitrogen and oxygen atoms in total. The average Bonchev–Trinajstić information content (AvgIpc) is 1.39. The lowest BCUT2D eigenvalue weighted by Gasteiger charge is -2.64. The molecule has 0 radical (unpaired) electrons. The van der Waals surface area contributed by atoms with Crippen molar-refractivity contribution >= 4 is 41.4 Å². The quantitative estimate of drug-likeness (QED) is 0.0214. The molecule has 0 spiro atoms. The van der Waals surface area contributed by atoms with Crippen LogP contribution < -0.4 is 0 Å². The highest BCUT2D eigenvalue weighted by atomic mass is 35.5. The second kappa shape index (κ2) is 22.2. The number of halogens is 1.